The first kappa shape index (κ1) is 28.1. The van der Waals surface area contributed by atoms with Gasteiger partial charge in [-0.25, -0.2) is 9.78 Å². The van der Waals surface area contributed by atoms with Crippen LogP contribution in [-0.4, -0.2) is 48.3 Å². The lowest BCUT2D eigenvalue weighted by Crippen LogP contribution is -2.47. The predicted molar refractivity (Wildman–Crippen MR) is 145 cm³/mol. The first-order valence-electron chi connectivity index (χ1n) is 13.2. The first-order valence-corrected chi connectivity index (χ1v) is 13.2. The Morgan fingerprint density at radius 3 is 2.49 bits per heavy atom. The van der Waals surface area contributed by atoms with E-state index in [1.54, 1.807) is 12.3 Å². The van der Waals surface area contributed by atoms with E-state index < -0.39 is 34.8 Å². The zero-order chi connectivity index (χ0) is 29.1. The Morgan fingerprint density at radius 1 is 1.15 bits per heavy atom. The molecule has 3 aromatic rings. The fraction of sp³-hybridized carbons (Fsp3) is 0.357. The minimum atomic E-state index is -4.58. The number of hydrogen-bond acceptors (Lipinski definition) is 8. The summed E-state index contributed by atoms with van der Waals surface area (Å²) in [5, 5.41) is 14.2. The van der Waals surface area contributed by atoms with Gasteiger partial charge in [-0.3, -0.25) is 15.0 Å². The van der Waals surface area contributed by atoms with Crippen molar-refractivity contribution >= 4 is 29.0 Å². The number of aromatic nitrogens is 1. The van der Waals surface area contributed by atoms with Crippen molar-refractivity contribution in [3.05, 3.63) is 82.0 Å². The zero-order valence-corrected chi connectivity index (χ0v) is 22.1. The molecule has 0 aliphatic carbocycles. The van der Waals surface area contributed by atoms with Crippen molar-refractivity contribution in [1.29, 1.82) is 0 Å². The highest BCUT2D eigenvalue weighted by atomic mass is 19.4. The number of carbonyl (C=O) groups is 1. The van der Waals surface area contributed by atoms with Crippen LogP contribution >= 0.6 is 0 Å². The maximum atomic E-state index is 13.7. The normalized spacial score (nSPS) is 18.9. The topological polar surface area (TPSA) is 110 Å². The number of nitro groups is 1. The van der Waals surface area contributed by atoms with Crippen LogP contribution in [0.15, 0.2) is 60.8 Å². The van der Waals surface area contributed by atoms with Crippen molar-refractivity contribution in [2.75, 3.05) is 41.4 Å². The molecular weight excluding hydrogens is 543 g/mol. The molecule has 0 radical (unpaired) electrons. The van der Waals surface area contributed by atoms with E-state index in [1.807, 2.05) is 13.0 Å². The van der Waals surface area contributed by atoms with E-state index >= 15 is 0 Å². The molecule has 5 rings (SSSR count). The number of nitrogens with one attached hydrogen (secondary N) is 1. The zero-order valence-electron chi connectivity index (χ0n) is 22.1. The number of halogens is 3. The van der Waals surface area contributed by atoms with E-state index in [0.717, 1.165) is 30.9 Å². The average Bonchev–Trinajstić information content (AvgIpc) is 2.97. The molecule has 3 heterocycles. The van der Waals surface area contributed by atoms with Crippen LogP contribution in [0.3, 0.4) is 0 Å². The number of non-ortho nitro benzene ring substituents is 1. The maximum absolute atomic E-state index is 13.7. The van der Waals surface area contributed by atoms with Crippen LogP contribution in [0.1, 0.15) is 36.9 Å². The van der Waals surface area contributed by atoms with Gasteiger partial charge in [0.2, 0.25) is 0 Å². The molecule has 13 heteroatoms. The van der Waals surface area contributed by atoms with Crippen molar-refractivity contribution in [1.82, 2.24) is 4.98 Å². The third kappa shape index (κ3) is 6.19. The smallest absolute Gasteiger partial charge is 0.410 e. The molecule has 2 atom stereocenters. The quantitative estimate of drug-likeness (QED) is 0.276. The van der Waals surface area contributed by atoms with Crippen LogP contribution in [0, 0.1) is 10.1 Å². The lowest BCUT2D eigenvalue weighted by molar-refractivity contribution is -0.384. The molecule has 1 saturated heterocycles. The lowest BCUT2D eigenvalue weighted by atomic mass is 9.88. The van der Waals surface area contributed by atoms with Gasteiger partial charge in [0.1, 0.15) is 11.6 Å². The molecule has 0 bridgehead atoms. The fourth-order valence-corrected chi connectivity index (χ4v) is 5.11. The van der Waals surface area contributed by atoms with Gasteiger partial charge in [-0.05, 0) is 60.9 Å². The Bertz CT molecular complexity index is 1400. The molecule has 10 nitrogen and oxygen atoms in total. The van der Waals surface area contributed by atoms with E-state index in [4.69, 9.17) is 9.47 Å². The van der Waals surface area contributed by atoms with Gasteiger partial charge in [0.15, 0.2) is 0 Å². The summed E-state index contributed by atoms with van der Waals surface area (Å²) < 4.78 is 52.0. The molecule has 216 valence electrons. The van der Waals surface area contributed by atoms with Crippen LogP contribution in [0.5, 0.6) is 5.75 Å². The number of hydrogen-bond donors (Lipinski definition) is 1. The van der Waals surface area contributed by atoms with E-state index in [1.165, 1.54) is 35.2 Å². The molecule has 0 saturated carbocycles. The number of nitro benzene ring substituents is 1. The summed E-state index contributed by atoms with van der Waals surface area (Å²) in [4.78, 5) is 31.7. The number of nitrogens with zero attached hydrogens (tertiary/aromatic N) is 4. The second-order valence-electron chi connectivity index (χ2n) is 9.76. The highest BCUT2D eigenvalue weighted by Gasteiger charge is 2.39. The summed E-state index contributed by atoms with van der Waals surface area (Å²) in [7, 11) is 0. The number of benzene rings is 2. The van der Waals surface area contributed by atoms with Gasteiger partial charge in [-0.1, -0.05) is 6.92 Å². The molecule has 2 aliphatic heterocycles. The standard InChI is InChI=1S/C28H28F3N5O5/c1-2-19-16-24(33-26-10-6-21(17-32-26)34-11-13-40-14-12-34)23-15-18(28(29,30)31)3-9-25(23)35(19)27(37)41-22-7-4-20(5-8-22)36(38)39/h3-10,15,17,19,24H,2,11-14,16H2,1H3,(H,32,33)/t19-,24+/m1/s1. The fourth-order valence-electron chi connectivity index (χ4n) is 5.11. The van der Waals surface area contributed by atoms with Crippen LogP contribution < -0.4 is 19.9 Å². The van der Waals surface area contributed by atoms with Gasteiger partial charge in [-0.2, -0.15) is 13.2 Å². The number of fused-ring (bicyclic) bond motifs is 1. The Morgan fingerprint density at radius 2 is 1.88 bits per heavy atom. The first-order chi connectivity index (χ1) is 19.6. The van der Waals surface area contributed by atoms with Gasteiger partial charge in [0.25, 0.3) is 5.69 Å². The van der Waals surface area contributed by atoms with E-state index in [0.29, 0.717) is 31.9 Å². The van der Waals surface area contributed by atoms with Crippen molar-refractivity contribution in [2.45, 2.75) is 38.0 Å². The summed E-state index contributed by atoms with van der Waals surface area (Å²) in [6.45, 7) is 4.62. The predicted octanol–water partition coefficient (Wildman–Crippen LogP) is 6.19. The molecule has 0 spiro atoms. The molecule has 41 heavy (non-hydrogen) atoms. The minimum absolute atomic E-state index is 0.0775. The molecule has 2 aromatic carbocycles. The molecule has 1 N–H and O–H groups in total. The Hall–Kier alpha value is -4.39. The van der Waals surface area contributed by atoms with Gasteiger partial charge >= 0.3 is 12.3 Å². The number of carbonyl (C=O) groups excluding carboxylic acids is 1. The number of alkyl halides is 3. The third-order valence-electron chi connectivity index (χ3n) is 7.23. The summed E-state index contributed by atoms with van der Waals surface area (Å²) in [5.74, 6) is 0.570. The van der Waals surface area contributed by atoms with E-state index in [9.17, 15) is 28.1 Å². The lowest BCUT2D eigenvalue weighted by Gasteiger charge is -2.40. The van der Waals surface area contributed by atoms with Crippen LogP contribution in [0.25, 0.3) is 0 Å². The SMILES string of the molecule is CC[C@@H]1C[C@H](Nc2ccc(N3CCOCC3)cn2)c2cc(C(F)(F)F)ccc2N1C(=O)Oc1ccc([N+](=O)[O-])cc1. The number of pyridine rings is 1. The van der Waals surface area contributed by atoms with E-state index in [2.05, 4.69) is 15.2 Å². The summed E-state index contributed by atoms with van der Waals surface area (Å²) >= 11 is 0. The Balaban J connectivity index is 1.43. The molecule has 1 aromatic heterocycles. The minimum Gasteiger partial charge on any atom is -0.410 e. The van der Waals surface area contributed by atoms with Crippen LogP contribution in [0.2, 0.25) is 0 Å². The molecule has 2 aliphatic rings. The van der Waals surface area contributed by atoms with Crippen molar-refractivity contribution < 1.29 is 32.4 Å². The monoisotopic (exact) mass is 571 g/mol. The second kappa shape index (κ2) is 11.6. The van der Waals surface area contributed by atoms with E-state index in [-0.39, 0.29) is 22.7 Å². The van der Waals surface area contributed by atoms with Crippen molar-refractivity contribution in [3.8, 4) is 5.75 Å². The average molecular weight is 572 g/mol. The number of amides is 1. The second-order valence-corrected chi connectivity index (χ2v) is 9.76. The van der Waals surface area contributed by atoms with Crippen LogP contribution in [-0.2, 0) is 10.9 Å². The van der Waals surface area contributed by atoms with Crippen LogP contribution in [0.4, 0.5) is 40.8 Å². The van der Waals surface area contributed by atoms with Crippen molar-refractivity contribution in [2.24, 2.45) is 0 Å². The molecule has 1 amide bonds. The third-order valence-corrected chi connectivity index (χ3v) is 7.23. The Labute approximate surface area is 233 Å². The highest BCUT2D eigenvalue weighted by Crippen LogP contribution is 2.43. The van der Waals surface area contributed by atoms with Gasteiger partial charge < -0.3 is 19.7 Å². The maximum Gasteiger partial charge on any atom is 0.420 e. The van der Waals surface area contributed by atoms with Gasteiger partial charge in [0, 0.05) is 31.3 Å². The highest BCUT2D eigenvalue weighted by molar-refractivity contribution is 5.92. The summed E-state index contributed by atoms with van der Waals surface area (Å²) in [6.07, 6.45) is -2.86. The van der Waals surface area contributed by atoms with Crippen molar-refractivity contribution in [3.63, 3.8) is 0 Å². The largest absolute Gasteiger partial charge is 0.420 e. The number of anilines is 3. The molecular formula is C28H28F3N5O5. The summed E-state index contributed by atoms with van der Waals surface area (Å²) in [5.41, 5.74) is 0.487. The molecule has 1 fully saturated rings. The summed E-state index contributed by atoms with van der Waals surface area (Å²) in [6, 6.07) is 11.0. The van der Waals surface area contributed by atoms with Gasteiger partial charge in [-0.15, -0.1) is 0 Å². The Kier molecular flexibility index (Phi) is 7.97. The number of ether oxygens (including phenoxy) is 2. The van der Waals surface area contributed by atoms with Gasteiger partial charge in [0.05, 0.1) is 47.3 Å². The molecule has 0 unspecified atom stereocenters. The number of morpholine rings is 1. The number of rotatable bonds is 6.